The minimum absolute atomic E-state index is 0.0225. The van der Waals surface area contributed by atoms with Crippen LogP contribution in [0.1, 0.15) is 16.7 Å². The zero-order chi connectivity index (χ0) is 21.8. The lowest BCUT2D eigenvalue weighted by molar-refractivity contribution is -0.137. The maximum atomic E-state index is 13.2. The lowest BCUT2D eigenvalue weighted by atomic mass is 10.1. The Balaban J connectivity index is 1.59. The Morgan fingerprint density at radius 2 is 1.73 bits per heavy atom. The fourth-order valence-corrected chi connectivity index (χ4v) is 3.64. The second kappa shape index (κ2) is 8.80. The van der Waals surface area contributed by atoms with Gasteiger partial charge < -0.3 is 4.74 Å². The number of hydrogen-bond acceptors (Lipinski definition) is 4. The average molecular weight is 440 g/mol. The van der Waals surface area contributed by atoms with Crippen molar-refractivity contribution in [3.8, 4) is 11.6 Å². The molecule has 0 fully saturated rings. The second-order valence-electron chi connectivity index (χ2n) is 6.34. The Morgan fingerprint density at radius 1 is 0.967 bits per heavy atom. The summed E-state index contributed by atoms with van der Waals surface area (Å²) >= 11 is 0. The zero-order valence-electron chi connectivity index (χ0n) is 15.4. The minimum atomic E-state index is -4.55. The molecule has 0 bridgehead atoms. The number of aromatic nitrogens is 1. The van der Waals surface area contributed by atoms with E-state index in [0.29, 0.717) is 5.56 Å². The highest BCUT2D eigenvalue weighted by Gasteiger charge is 2.30. The molecule has 0 spiro atoms. The first-order chi connectivity index (χ1) is 14.1. The van der Waals surface area contributed by atoms with E-state index in [4.69, 9.17) is 4.74 Å². The molecule has 0 aliphatic heterocycles. The van der Waals surface area contributed by atoms with Crippen LogP contribution >= 0.6 is 0 Å². The highest BCUT2D eigenvalue weighted by molar-refractivity contribution is 7.88. The van der Waals surface area contributed by atoms with Crippen LogP contribution in [0.25, 0.3) is 0 Å². The molecule has 0 amide bonds. The van der Waals surface area contributed by atoms with Crippen molar-refractivity contribution in [1.82, 2.24) is 9.71 Å². The number of hydrogen-bond donors (Lipinski definition) is 1. The maximum absolute atomic E-state index is 13.2. The standard InChI is InChI=1S/C20H16F4N2O3S/c21-17-5-2-6-18(10-17)29-19-8-7-15(11-25-19)12-26-30(27,28)13-14-3-1-4-16(9-14)20(22,23)24/h1-11,26H,12-13H2. The summed E-state index contributed by atoms with van der Waals surface area (Å²) in [6.45, 7) is -0.103. The van der Waals surface area contributed by atoms with Gasteiger partial charge in [-0.2, -0.15) is 13.2 Å². The van der Waals surface area contributed by atoms with Crippen molar-refractivity contribution >= 4 is 10.0 Å². The van der Waals surface area contributed by atoms with Crippen molar-refractivity contribution in [2.45, 2.75) is 18.5 Å². The number of alkyl halides is 3. The van der Waals surface area contributed by atoms with Crippen molar-refractivity contribution in [3.63, 3.8) is 0 Å². The number of ether oxygens (including phenoxy) is 1. The summed E-state index contributed by atoms with van der Waals surface area (Å²) in [5, 5.41) is 0. The van der Waals surface area contributed by atoms with Gasteiger partial charge in [-0.3, -0.25) is 0 Å². The maximum Gasteiger partial charge on any atom is 0.416 e. The van der Waals surface area contributed by atoms with Crippen LogP contribution in [0.2, 0.25) is 0 Å². The third-order valence-electron chi connectivity index (χ3n) is 3.92. The van der Waals surface area contributed by atoms with Gasteiger partial charge in [-0.05, 0) is 29.3 Å². The van der Waals surface area contributed by atoms with Crippen LogP contribution in [0.5, 0.6) is 11.6 Å². The molecule has 0 aliphatic carbocycles. The fraction of sp³-hybridized carbons (Fsp3) is 0.150. The van der Waals surface area contributed by atoms with Crippen LogP contribution in [0, 0.1) is 5.82 Å². The van der Waals surface area contributed by atoms with E-state index < -0.39 is 33.3 Å². The zero-order valence-corrected chi connectivity index (χ0v) is 16.2. The molecular formula is C20H16F4N2O3S. The first-order valence-electron chi connectivity index (χ1n) is 8.62. The molecule has 3 aromatic rings. The molecule has 0 radical (unpaired) electrons. The molecule has 0 atom stereocenters. The van der Waals surface area contributed by atoms with E-state index in [1.165, 1.54) is 36.5 Å². The van der Waals surface area contributed by atoms with Gasteiger partial charge in [0.1, 0.15) is 11.6 Å². The molecule has 3 rings (SSSR count). The monoisotopic (exact) mass is 440 g/mol. The Bertz CT molecular complexity index is 1120. The lowest BCUT2D eigenvalue weighted by Gasteiger charge is -2.10. The van der Waals surface area contributed by atoms with Gasteiger partial charge in [-0.15, -0.1) is 0 Å². The number of nitrogens with zero attached hydrogens (tertiary/aromatic N) is 1. The Hall–Kier alpha value is -2.98. The molecule has 10 heteroatoms. The van der Waals surface area contributed by atoms with Crippen molar-refractivity contribution in [2.75, 3.05) is 0 Å². The number of pyridine rings is 1. The Kier molecular flexibility index (Phi) is 6.37. The van der Waals surface area contributed by atoms with E-state index in [2.05, 4.69) is 9.71 Å². The Morgan fingerprint density at radius 3 is 2.40 bits per heavy atom. The molecule has 0 saturated heterocycles. The van der Waals surface area contributed by atoms with E-state index >= 15 is 0 Å². The number of halogens is 4. The molecule has 2 aromatic carbocycles. The fourth-order valence-electron chi connectivity index (χ4n) is 2.53. The third-order valence-corrected chi connectivity index (χ3v) is 5.22. The summed E-state index contributed by atoms with van der Waals surface area (Å²) in [5.41, 5.74) is -0.378. The Labute approximate surface area is 170 Å². The lowest BCUT2D eigenvalue weighted by Crippen LogP contribution is -2.25. The van der Waals surface area contributed by atoms with Gasteiger partial charge in [-0.1, -0.05) is 30.3 Å². The smallest absolute Gasteiger partial charge is 0.416 e. The third kappa shape index (κ3) is 6.26. The summed E-state index contributed by atoms with van der Waals surface area (Å²) in [6.07, 6.45) is -3.17. The molecular weight excluding hydrogens is 424 g/mol. The normalized spacial score (nSPS) is 12.0. The second-order valence-corrected chi connectivity index (χ2v) is 8.15. The molecule has 5 nitrogen and oxygen atoms in total. The summed E-state index contributed by atoms with van der Waals surface area (Å²) in [6, 6.07) is 12.7. The quantitative estimate of drug-likeness (QED) is 0.543. The highest BCUT2D eigenvalue weighted by Crippen LogP contribution is 2.29. The first kappa shape index (κ1) is 21.7. The van der Waals surface area contributed by atoms with Gasteiger partial charge in [0.15, 0.2) is 0 Å². The van der Waals surface area contributed by atoms with Crippen LogP contribution < -0.4 is 9.46 Å². The molecule has 0 unspecified atom stereocenters. The van der Waals surface area contributed by atoms with Crippen LogP contribution in [-0.2, 0) is 28.5 Å². The number of sulfonamides is 1. The van der Waals surface area contributed by atoms with Crippen LogP contribution in [0.3, 0.4) is 0 Å². The van der Waals surface area contributed by atoms with Gasteiger partial charge in [0, 0.05) is 24.9 Å². The van der Waals surface area contributed by atoms with E-state index in [1.807, 2.05) is 0 Å². The SMILES string of the molecule is O=S(=O)(Cc1cccc(C(F)(F)F)c1)NCc1ccc(Oc2cccc(F)c2)nc1. The van der Waals surface area contributed by atoms with E-state index in [0.717, 1.165) is 18.2 Å². The summed E-state index contributed by atoms with van der Waals surface area (Å²) in [5.74, 6) is -0.599. The van der Waals surface area contributed by atoms with E-state index in [1.54, 1.807) is 12.1 Å². The van der Waals surface area contributed by atoms with E-state index in [9.17, 15) is 26.0 Å². The highest BCUT2D eigenvalue weighted by atomic mass is 32.2. The summed E-state index contributed by atoms with van der Waals surface area (Å²) in [4.78, 5) is 4.02. The van der Waals surface area contributed by atoms with Gasteiger partial charge >= 0.3 is 6.18 Å². The molecule has 0 aliphatic rings. The van der Waals surface area contributed by atoms with Crippen LogP contribution in [-0.4, -0.2) is 13.4 Å². The number of nitrogens with one attached hydrogen (secondary N) is 1. The predicted molar refractivity (Wildman–Crippen MR) is 102 cm³/mol. The van der Waals surface area contributed by atoms with Crippen LogP contribution in [0.15, 0.2) is 66.9 Å². The number of rotatable bonds is 7. The predicted octanol–water partition coefficient (Wildman–Crippen LogP) is 4.65. The van der Waals surface area contributed by atoms with Crippen molar-refractivity contribution < 1.29 is 30.7 Å². The van der Waals surface area contributed by atoms with Gasteiger partial charge in [0.2, 0.25) is 15.9 Å². The number of benzene rings is 2. The molecule has 30 heavy (non-hydrogen) atoms. The summed E-state index contributed by atoms with van der Waals surface area (Å²) in [7, 11) is -3.88. The summed E-state index contributed by atoms with van der Waals surface area (Å²) < 4.78 is 83.6. The molecule has 1 heterocycles. The van der Waals surface area contributed by atoms with Gasteiger partial charge in [-0.25, -0.2) is 22.5 Å². The van der Waals surface area contributed by atoms with E-state index in [-0.39, 0.29) is 23.7 Å². The molecule has 1 aromatic heterocycles. The average Bonchev–Trinajstić information content (AvgIpc) is 2.67. The minimum Gasteiger partial charge on any atom is -0.439 e. The van der Waals surface area contributed by atoms with Crippen molar-refractivity contribution in [2.24, 2.45) is 0 Å². The molecule has 1 N–H and O–H groups in total. The first-order valence-corrected chi connectivity index (χ1v) is 10.3. The van der Waals surface area contributed by atoms with Gasteiger partial charge in [0.05, 0.1) is 11.3 Å². The largest absolute Gasteiger partial charge is 0.439 e. The van der Waals surface area contributed by atoms with Crippen LogP contribution in [0.4, 0.5) is 17.6 Å². The van der Waals surface area contributed by atoms with Crippen molar-refractivity contribution in [3.05, 3.63) is 89.4 Å². The van der Waals surface area contributed by atoms with Gasteiger partial charge in [0.25, 0.3) is 0 Å². The topological polar surface area (TPSA) is 68.3 Å². The molecule has 158 valence electrons. The van der Waals surface area contributed by atoms with Crippen molar-refractivity contribution in [1.29, 1.82) is 0 Å². The molecule has 0 saturated carbocycles.